The van der Waals surface area contributed by atoms with Gasteiger partial charge in [0.2, 0.25) is 5.56 Å². The van der Waals surface area contributed by atoms with Gasteiger partial charge in [-0.05, 0) is 97.8 Å². The average Bonchev–Trinajstić information content (AvgIpc) is 3.24. The van der Waals surface area contributed by atoms with Crippen LogP contribution in [0.25, 0.3) is 22.0 Å². The van der Waals surface area contributed by atoms with Crippen LogP contribution in [0, 0.1) is 5.92 Å². The number of nitrogens with one attached hydrogen (secondary N) is 2. The SMILES string of the molecule is O=C(O[C@H]1CN2CCC1CC2)N(Cc1ccc(-c2ccccc2)cc1)c1cccc(OCCCCCCCCCNC[C@H](O)c2ccc(O)c3[nH]c(=O)ccc23)c1. The zero-order valence-electron chi connectivity index (χ0n) is 32.8. The Morgan fingerprint density at radius 3 is 2.33 bits per heavy atom. The predicted octanol–water partition coefficient (Wildman–Crippen LogP) is 8.57. The number of carbonyl (C=O) groups is 1. The molecular formula is C47H56N4O6. The van der Waals surface area contributed by atoms with Gasteiger partial charge >= 0.3 is 6.09 Å². The number of hydrogen-bond acceptors (Lipinski definition) is 8. The number of piperidine rings is 3. The van der Waals surface area contributed by atoms with Crippen molar-refractivity contribution in [2.75, 3.05) is 44.2 Å². The Hall–Kier alpha value is -5.16. The Balaban J connectivity index is 0.829. The van der Waals surface area contributed by atoms with E-state index in [1.807, 2.05) is 42.5 Å². The van der Waals surface area contributed by atoms with Gasteiger partial charge in [0.15, 0.2) is 0 Å². The molecule has 0 radical (unpaired) electrons. The molecule has 300 valence electrons. The Morgan fingerprint density at radius 2 is 1.58 bits per heavy atom. The molecule has 4 aromatic carbocycles. The van der Waals surface area contributed by atoms with Gasteiger partial charge in [-0.15, -0.1) is 0 Å². The number of phenols is 1. The lowest BCUT2D eigenvalue weighted by atomic mass is 9.86. The number of fused-ring (bicyclic) bond motifs is 4. The zero-order chi connectivity index (χ0) is 39.4. The number of phenolic OH excluding ortho intramolecular Hbond substituents is 1. The third kappa shape index (κ3) is 10.8. The molecule has 4 N–H and O–H groups in total. The Kier molecular flexibility index (Phi) is 13.9. The van der Waals surface area contributed by atoms with Gasteiger partial charge in [0.1, 0.15) is 17.6 Å². The van der Waals surface area contributed by atoms with Crippen LogP contribution in [0.1, 0.15) is 75.0 Å². The quantitative estimate of drug-likeness (QED) is 0.0616. The van der Waals surface area contributed by atoms with Crippen molar-refractivity contribution in [2.24, 2.45) is 5.92 Å². The Bertz CT molecular complexity index is 2100. The summed E-state index contributed by atoms with van der Waals surface area (Å²) in [4.78, 5) is 32.4. The molecule has 0 aliphatic carbocycles. The molecule has 2 bridgehead atoms. The Labute approximate surface area is 335 Å². The molecule has 0 saturated carbocycles. The molecule has 1 amide bonds. The minimum atomic E-state index is -0.748. The van der Waals surface area contributed by atoms with Gasteiger partial charge in [-0.1, -0.05) is 98.8 Å². The molecule has 10 nitrogen and oxygen atoms in total. The van der Waals surface area contributed by atoms with E-state index in [2.05, 4.69) is 51.6 Å². The number of rotatable bonds is 19. The number of pyridine rings is 1. The molecule has 3 aliphatic heterocycles. The van der Waals surface area contributed by atoms with Crippen LogP contribution >= 0.6 is 0 Å². The number of benzene rings is 4. The second-order valence-electron chi connectivity index (χ2n) is 15.5. The highest BCUT2D eigenvalue weighted by Gasteiger charge is 2.37. The number of anilines is 1. The molecule has 3 fully saturated rings. The highest BCUT2D eigenvalue weighted by Crippen LogP contribution is 2.32. The maximum Gasteiger partial charge on any atom is 0.414 e. The van der Waals surface area contributed by atoms with Crippen molar-refractivity contribution in [3.05, 3.63) is 125 Å². The summed E-state index contributed by atoms with van der Waals surface area (Å²) in [5, 5.41) is 24.8. The van der Waals surface area contributed by atoms with Crippen LogP contribution in [0.5, 0.6) is 11.5 Å². The summed E-state index contributed by atoms with van der Waals surface area (Å²) in [6, 6.07) is 32.8. The second kappa shape index (κ2) is 19.8. The fourth-order valence-corrected chi connectivity index (χ4v) is 8.18. The molecule has 8 rings (SSSR count). The monoisotopic (exact) mass is 772 g/mol. The number of aromatic hydroxyl groups is 1. The first-order chi connectivity index (χ1) is 27.9. The predicted molar refractivity (Wildman–Crippen MR) is 226 cm³/mol. The largest absolute Gasteiger partial charge is 0.506 e. The van der Waals surface area contributed by atoms with E-state index >= 15 is 0 Å². The number of nitrogens with zero attached hydrogens (tertiary/aromatic N) is 2. The number of aromatic amines is 1. The van der Waals surface area contributed by atoms with E-state index < -0.39 is 6.10 Å². The van der Waals surface area contributed by atoms with Crippen LogP contribution in [0.4, 0.5) is 10.5 Å². The van der Waals surface area contributed by atoms with Crippen LogP contribution in [0.15, 0.2) is 108 Å². The molecule has 0 unspecified atom stereocenters. The normalized spacial score (nSPS) is 18.0. The molecule has 1 aromatic heterocycles. The van der Waals surface area contributed by atoms with Gasteiger partial charge in [0.25, 0.3) is 0 Å². The smallest absolute Gasteiger partial charge is 0.414 e. The summed E-state index contributed by atoms with van der Waals surface area (Å²) in [6.07, 6.45) is 8.69. The number of amides is 1. The van der Waals surface area contributed by atoms with E-state index in [9.17, 15) is 19.8 Å². The van der Waals surface area contributed by atoms with E-state index in [-0.39, 0.29) is 23.5 Å². The van der Waals surface area contributed by atoms with E-state index in [0.717, 1.165) is 106 Å². The number of aromatic nitrogens is 1. The highest BCUT2D eigenvalue weighted by atomic mass is 16.6. The summed E-state index contributed by atoms with van der Waals surface area (Å²) < 4.78 is 12.4. The highest BCUT2D eigenvalue weighted by molar-refractivity contribution is 5.88. The van der Waals surface area contributed by atoms with Crippen molar-refractivity contribution >= 4 is 22.7 Å². The van der Waals surface area contributed by atoms with Gasteiger partial charge < -0.3 is 30.0 Å². The summed E-state index contributed by atoms with van der Waals surface area (Å²) in [5.74, 6) is 1.17. The van der Waals surface area contributed by atoms with E-state index in [0.29, 0.717) is 42.1 Å². The fraction of sp³-hybridized carbons (Fsp3) is 0.404. The molecule has 2 atom stereocenters. The van der Waals surface area contributed by atoms with Gasteiger partial charge in [0, 0.05) is 30.6 Å². The van der Waals surface area contributed by atoms with Crippen molar-refractivity contribution < 1.29 is 24.5 Å². The lowest BCUT2D eigenvalue weighted by Crippen LogP contribution is -2.53. The first kappa shape index (κ1) is 40.1. The van der Waals surface area contributed by atoms with Gasteiger partial charge in [-0.2, -0.15) is 0 Å². The number of aliphatic hydroxyl groups excluding tert-OH is 1. The number of hydrogen-bond donors (Lipinski definition) is 4. The average molecular weight is 773 g/mol. The van der Waals surface area contributed by atoms with Crippen molar-refractivity contribution in [3.63, 3.8) is 0 Å². The van der Waals surface area contributed by atoms with Crippen LogP contribution in [-0.2, 0) is 11.3 Å². The van der Waals surface area contributed by atoms with Crippen molar-refractivity contribution in [2.45, 2.75) is 76.5 Å². The number of H-pyrrole nitrogens is 1. The lowest BCUT2D eigenvalue weighted by molar-refractivity contribution is -0.0311. The molecule has 3 saturated heterocycles. The first-order valence-electron chi connectivity index (χ1n) is 20.7. The summed E-state index contributed by atoms with van der Waals surface area (Å²) in [5.41, 5.74) is 4.82. The second-order valence-corrected chi connectivity index (χ2v) is 15.5. The third-order valence-electron chi connectivity index (χ3n) is 11.5. The summed E-state index contributed by atoms with van der Waals surface area (Å²) in [6.45, 7) is 5.23. The standard InChI is InChI=1S/C47H56N4O6/c52-42-22-20-40(41-21-23-45(54)49-46(41)42)43(53)31-48-26-9-4-2-1-3-5-10-29-56-39-15-11-14-38(30-39)51(47(55)57-44-33-50-27-24-37(44)25-28-50)32-34-16-18-36(19-17-34)35-12-7-6-8-13-35/h6-8,11-23,30,37,43-44,48,52-53H,1-5,9-10,24-29,31-33H2,(H,49,54)/t43-,44-/m0/s1. The van der Waals surface area contributed by atoms with Crippen molar-refractivity contribution in [3.8, 4) is 22.6 Å². The molecule has 10 heteroatoms. The van der Waals surface area contributed by atoms with Gasteiger partial charge in [-0.25, -0.2) is 4.79 Å². The minimum absolute atomic E-state index is 0.0106. The van der Waals surface area contributed by atoms with E-state index in [1.165, 1.54) is 18.6 Å². The fourth-order valence-electron chi connectivity index (χ4n) is 8.18. The maximum atomic E-state index is 13.9. The molecular weight excluding hydrogens is 717 g/mol. The summed E-state index contributed by atoms with van der Waals surface area (Å²) in [7, 11) is 0. The van der Waals surface area contributed by atoms with Crippen LogP contribution < -0.4 is 20.5 Å². The topological polar surface area (TPSA) is 127 Å². The first-order valence-corrected chi connectivity index (χ1v) is 20.7. The van der Waals surface area contributed by atoms with Crippen LogP contribution in [0.3, 0.4) is 0 Å². The molecule has 3 aliphatic rings. The number of ether oxygens (including phenoxy) is 2. The summed E-state index contributed by atoms with van der Waals surface area (Å²) >= 11 is 0. The minimum Gasteiger partial charge on any atom is -0.506 e. The van der Waals surface area contributed by atoms with E-state index in [1.54, 1.807) is 17.0 Å². The molecule has 0 spiro atoms. The zero-order valence-corrected chi connectivity index (χ0v) is 32.8. The lowest BCUT2D eigenvalue weighted by Gasteiger charge is -2.44. The van der Waals surface area contributed by atoms with E-state index in [4.69, 9.17) is 9.47 Å². The van der Waals surface area contributed by atoms with Crippen LogP contribution in [-0.4, -0.2) is 71.6 Å². The molecule has 57 heavy (non-hydrogen) atoms. The van der Waals surface area contributed by atoms with Crippen LogP contribution in [0.2, 0.25) is 0 Å². The third-order valence-corrected chi connectivity index (χ3v) is 11.5. The number of unbranched alkanes of at least 4 members (excludes halogenated alkanes) is 6. The Morgan fingerprint density at radius 1 is 0.842 bits per heavy atom. The van der Waals surface area contributed by atoms with Crippen molar-refractivity contribution in [1.82, 2.24) is 15.2 Å². The maximum absolute atomic E-state index is 13.9. The number of carbonyl (C=O) groups excluding carboxylic acids is 1. The molecule has 5 aromatic rings. The number of aliphatic hydroxyl groups is 1. The van der Waals surface area contributed by atoms with Crippen molar-refractivity contribution in [1.29, 1.82) is 0 Å². The van der Waals surface area contributed by atoms with Gasteiger partial charge in [0.05, 0.1) is 30.5 Å². The van der Waals surface area contributed by atoms with Gasteiger partial charge in [-0.3, -0.25) is 14.6 Å². The molecule has 4 heterocycles.